The molecule has 0 aromatic rings. The Morgan fingerprint density at radius 1 is 1.08 bits per heavy atom. The highest BCUT2D eigenvalue weighted by atomic mass is 127. The Bertz CT molecular complexity index is 356. The Morgan fingerprint density at radius 3 is 2.67 bits per heavy atom. The van der Waals surface area contributed by atoms with Gasteiger partial charge in [-0.3, -0.25) is 0 Å². The van der Waals surface area contributed by atoms with Crippen LogP contribution < -0.4 is 0 Å². The molecule has 24 heavy (non-hydrogen) atoms. The molecule has 2 nitrogen and oxygen atoms in total. The topological polar surface area (TPSA) is 18.5 Å². The number of hydrogen-bond acceptors (Lipinski definition) is 2. The van der Waals surface area contributed by atoms with Crippen LogP contribution in [0.2, 0.25) is 0 Å². The molecule has 3 heteroatoms. The molecule has 2 saturated carbocycles. The fourth-order valence-electron chi connectivity index (χ4n) is 4.99. The van der Waals surface area contributed by atoms with Crippen molar-refractivity contribution >= 4 is 22.6 Å². The molecule has 0 N–H and O–H groups in total. The zero-order chi connectivity index (χ0) is 17.2. The third kappa shape index (κ3) is 6.95. The van der Waals surface area contributed by atoms with Crippen molar-refractivity contribution in [3.8, 4) is 0 Å². The Morgan fingerprint density at radius 2 is 1.88 bits per heavy atom. The smallest absolute Gasteiger partial charge is 0.155 e. The van der Waals surface area contributed by atoms with E-state index in [-0.39, 0.29) is 12.4 Å². The maximum Gasteiger partial charge on any atom is 0.155 e. The first-order valence-corrected chi connectivity index (χ1v) is 11.5. The van der Waals surface area contributed by atoms with Crippen LogP contribution in [0.3, 0.4) is 0 Å². The summed E-state index contributed by atoms with van der Waals surface area (Å²) in [6, 6.07) is 0. The standard InChI is InChI=1S/C21H37IO2/c1-3-23-17(2)24-20(15-16-22)13-6-4-9-18-11-8-12-19-10-5-7-14-21(18)19/h15-21H,3-14H2,1-2H3/b16-15+. The first-order chi connectivity index (χ1) is 11.7. The molecule has 2 aliphatic rings. The minimum Gasteiger partial charge on any atom is -0.353 e. The lowest BCUT2D eigenvalue weighted by Gasteiger charge is -2.41. The van der Waals surface area contributed by atoms with E-state index in [1.165, 1.54) is 64.2 Å². The first-order valence-electron chi connectivity index (χ1n) is 10.3. The van der Waals surface area contributed by atoms with Gasteiger partial charge < -0.3 is 9.47 Å². The van der Waals surface area contributed by atoms with Crippen molar-refractivity contribution in [1.82, 2.24) is 0 Å². The van der Waals surface area contributed by atoms with Crippen LogP contribution >= 0.6 is 22.6 Å². The lowest BCUT2D eigenvalue weighted by atomic mass is 9.64. The molecule has 0 aromatic heterocycles. The van der Waals surface area contributed by atoms with Crippen molar-refractivity contribution in [2.45, 2.75) is 96.9 Å². The average Bonchev–Trinajstić information content (AvgIpc) is 2.59. The third-order valence-electron chi connectivity index (χ3n) is 6.09. The number of unbranched alkanes of at least 4 members (excludes halogenated alkanes) is 1. The molecule has 2 rings (SSSR count). The van der Waals surface area contributed by atoms with E-state index in [4.69, 9.17) is 9.47 Å². The van der Waals surface area contributed by atoms with Crippen molar-refractivity contribution in [2.24, 2.45) is 17.8 Å². The molecular weight excluding hydrogens is 411 g/mol. The van der Waals surface area contributed by atoms with E-state index in [0.29, 0.717) is 6.61 Å². The molecule has 0 saturated heterocycles. The van der Waals surface area contributed by atoms with Gasteiger partial charge in [0.15, 0.2) is 6.29 Å². The molecular formula is C21H37IO2. The van der Waals surface area contributed by atoms with Crippen LogP contribution in [0, 0.1) is 17.8 Å². The average molecular weight is 448 g/mol. The molecule has 0 radical (unpaired) electrons. The SMILES string of the molecule is CCOC(C)OC(/C=C/I)CCCCC1CCCC2CCCCC12. The number of rotatable bonds is 10. The molecule has 0 spiro atoms. The van der Waals surface area contributed by atoms with Gasteiger partial charge in [-0.25, -0.2) is 0 Å². The highest BCUT2D eigenvalue weighted by Crippen LogP contribution is 2.45. The summed E-state index contributed by atoms with van der Waals surface area (Å²) in [6.45, 7) is 4.74. The van der Waals surface area contributed by atoms with Gasteiger partial charge in [-0.2, -0.15) is 0 Å². The summed E-state index contributed by atoms with van der Waals surface area (Å²) < 4.78 is 13.6. The summed E-state index contributed by atoms with van der Waals surface area (Å²) in [5.41, 5.74) is 0. The Kier molecular flexibility index (Phi) is 10.3. The monoisotopic (exact) mass is 448 g/mol. The number of ether oxygens (including phenoxy) is 2. The van der Waals surface area contributed by atoms with E-state index < -0.39 is 0 Å². The highest BCUT2D eigenvalue weighted by Gasteiger charge is 2.34. The van der Waals surface area contributed by atoms with Gasteiger partial charge in [-0.1, -0.05) is 80.4 Å². The zero-order valence-corrected chi connectivity index (χ0v) is 17.9. The molecule has 5 atom stereocenters. The van der Waals surface area contributed by atoms with Gasteiger partial charge in [-0.05, 0) is 54.6 Å². The molecule has 0 aromatic carbocycles. The van der Waals surface area contributed by atoms with E-state index >= 15 is 0 Å². The minimum absolute atomic E-state index is 0.103. The molecule has 0 aliphatic heterocycles. The third-order valence-corrected chi connectivity index (χ3v) is 6.51. The van der Waals surface area contributed by atoms with Crippen molar-refractivity contribution < 1.29 is 9.47 Å². The highest BCUT2D eigenvalue weighted by molar-refractivity contribution is 14.1. The second-order valence-corrected chi connectivity index (χ2v) is 8.42. The predicted octanol–water partition coefficient (Wildman–Crippen LogP) is 6.87. The van der Waals surface area contributed by atoms with E-state index in [1.54, 1.807) is 0 Å². The Balaban J connectivity index is 1.68. The Labute approximate surface area is 163 Å². The fourth-order valence-corrected chi connectivity index (χ4v) is 5.46. The van der Waals surface area contributed by atoms with Crippen molar-refractivity contribution in [3.05, 3.63) is 10.2 Å². The van der Waals surface area contributed by atoms with Crippen LogP contribution in [-0.4, -0.2) is 19.0 Å². The van der Waals surface area contributed by atoms with Crippen molar-refractivity contribution in [2.75, 3.05) is 6.61 Å². The van der Waals surface area contributed by atoms with Gasteiger partial charge in [0.05, 0.1) is 6.10 Å². The molecule has 0 bridgehead atoms. The maximum absolute atomic E-state index is 6.00. The van der Waals surface area contributed by atoms with Crippen LogP contribution in [0.1, 0.15) is 84.5 Å². The largest absolute Gasteiger partial charge is 0.353 e. The van der Waals surface area contributed by atoms with E-state index in [2.05, 4.69) is 32.7 Å². The fraction of sp³-hybridized carbons (Fsp3) is 0.905. The van der Waals surface area contributed by atoms with Crippen molar-refractivity contribution in [3.63, 3.8) is 0 Å². The molecule has 2 fully saturated rings. The summed E-state index contributed by atoms with van der Waals surface area (Å²) in [7, 11) is 0. The molecule has 0 heterocycles. The minimum atomic E-state index is -0.103. The summed E-state index contributed by atoms with van der Waals surface area (Å²) in [6.07, 6.45) is 18.0. The lowest BCUT2D eigenvalue weighted by molar-refractivity contribution is -0.147. The molecule has 0 amide bonds. The van der Waals surface area contributed by atoms with Crippen LogP contribution in [0.5, 0.6) is 0 Å². The van der Waals surface area contributed by atoms with E-state index in [1.807, 2.05) is 13.8 Å². The number of hydrogen-bond donors (Lipinski definition) is 0. The summed E-state index contributed by atoms with van der Waals surface area (Å²) in [4.78, 5) is 0. The van der Waals surface area contributed by atoms with Gasteiger partial charge in [0.25, 0.3) is 0 Å². The second-order valence-electron chi connectivity index (χ2n) is 7.70. The van der Waals surface area contributed by atoms with Gasteiger partial charge in [0.1, 0.15) is 0 Å². The number of fused-ring (bicyclic) bond motifs is 1. The molecule has 140 valence electrons. The van der Waals surface area contributed by atoms with Gasteiger partial charge in [0, 0.05) is 6.61 Å². The summed E-state index contributed by atoms with van der Waals surface area (Å²) in [5, 5.41) is 0. The van der Waals surface area contributed by atoms with Gasteiger partial charge in [-0.15, -0.1) is 0 Å². The van der Waals surface area contributed by atoms with Crippen LogP contribution in [0.15, 0.2) is 10.2 Å². The van der Waals surface area contributed by atoms with Gasteiger partial charge in [0.2, 0.25) is 0 Å². The van der Waals surface area contributed by atoms with Crippen LogP contribution in [-0.2, 0) is 9.47 Å². The maximum atomic E-state index is 6.00. The normalized spacial score (nSPS) is 30.2. The summed E-state index contributed by atoms with van der Waals surface area (Å²) >= 11 is 2.29. The van der Waals surface area contributed by atoms with E-state index in [0.717, 1.165) is 24.2 Å². The summed E-state index contributed by atoms with van der Waals surface area (Å²) in [5.74, 6) is 3.15. The van der Waals surface area contributed by atoms with Gasteiger partial charge >= 0.3 is 0 Å². The van der Waals surface area contributed by atoms with Crippen LogP contribution in [0.25, 0.3) is 0 Å². The Hall–Kier alpha value is 0.390. The number of halogens is 1. The predicted molar refractivity (Wildman–Crippen MR) is 110 cm³/mol. The zero-order valence-electron chi connectivity index (χ0n) is 15.7. The van der Waals surface area contributed by atoms with Crippen LogP contribution in [0.4, 0.5) is 0 Å². The lowest BCUT2D eigenvalue weighted by Crippen LogP contribution is -2.31. The quantitative estimate of drug-likeness (QED) is 0.206. The van der Waals surface area contributed by atoms with E-state index in [9.17, 15) is 0 Å². The first kappa shape index (κ1) is 20.7. The molecule has 2 aliphatic carbocycles. The molecule has 5 unspecified atom stereocenters. The van der Waals surface area contributed by atoms with Crippen molar-refractivity contribution in [1.29, 1.82) is 0 Å². The second kappa shape index (κ2) is 11.9.